The molecule has 5 heteroatoms. The third-order valence-corrected chi connectivity index (χ3v) is 4.50. The number of carboxylic acid groups (broad SMARTS) is 1. The lowest BCUT2D eigenvalue weighted by Crippen LogP contribution is -2.45. The van der Waals surface area contributed by atoms with Crippen molar-refractivity contribution >= 4 is 11.9 Å². The molecule has 2 N–H and O–H groups in total. The Balaban J connectivity index is 1.67. The Bertz CT molecular complexity index is 509. The van der Waals surface area contributed by atoms with Crippen molar-refractivity contribution in [3.63, 3.8) is 0 Å². The minimum absolute atomic E-state index is 0.0253. The van der Waals surface area contributed by atoms with Gasteiger partial charge in [0.2, 0.25) is 5.91 Å². The zero-order valence-corrected chi connectivity index (χ0v) is 13.4. The van der Waals surface area contributed by atoms with Gasteiger partial charge in [0.05, 0.1) is 12.0 Å². The molecule has 1 aromatic carbocycles. The molecule has 0 radical (unpaired) electrons. The number of aliphatic carboxylic acids is 1. The Kier molecular flexibility index (Phi) is 6.59. The first-order chi connectivity index (χ1) is 11.1. The quantitative estimate of drug-likeness (QED) is 0.722. The van der Waals surface area contributed by atoms with Crippen LogP contribution in [-0.4, -0.2) is 36.7 Å². The molecule has 1 amide bonds. The van der Waals surface area contributed by atoms with E-state index in [4.69, 9.17) is 4.74 Å². The Labute approximate surface area is 137 Å². The second kappa shape index (κ2) is 8.67. The highest BCUT2D eigenvalue weighted by Crippen LogP contribution is 2.35. The smallest absolute Gasteiger partial charge is 0.311 e. The van der Waals surface area contributed by atoms with Crippen molar-refractivity contribution in [3.05, 3.63) is 35.9 Å². The summed E-state index contributed by atoms with van der Waals surface area (Å²) in [6.07, 6.45) is 4.93. The monoisotopic (exact) mass is 319 g/mol. The fourth-order valence-electron chi connectivity index (χ4n) is 3.01. The molecule has 1 fully saturated rings. The van der Waals surface area contributed by atoms with Gasteiger partial charge in [-0.05, 0) is 24.8 Å². The van der Waals surface area contributed by atoms with Crippen LogP contribution in [0.1, 0.15) is 37.7 Å². The molecule has 1 saturated carbocycles. The summed E-state index contributed by atoms with van der Waals surface area (Å²) in [5.74, 6) is -1.05. The lowest BCUT2D eigenvalue weighted by molar-refractivity contribution is -0.151. The van der Waals surface area contributed by atoms with Crippen molar-refractivity contribution in [2.45, 2.75) is 38.5 Å². The lowest BCUT2D eigenvalue weighted by Gasteiger charge is -2.33. The van der Waals surface area contributed by atoms with E-state index in [1.165, 1.54) is 5.56 Å². The van der Waals surface area contributed by atoms with E-state index in [9.17, 15) is 14.7 Å². The summed E-state index contributed by atoms with van der Waals surface area (Å²) < 4.78 is 5.37. The maximum absolute atomic E-state index is 11.8. The van der Waals surface area contributed by atoms with E-state index in [1.54, 1.807) is 0 Å². The first-order valence-corrected chi connectivity index (χ1v) is 8.24. The van der Waals surface area contributed by atoms with Crippen molar-refractivity contribution < 1.29 is 19.4 Å². The Morgan fingerprint density at radius 1 is 1.13 bits per heavy atom. The maximum Gasteiger partial charge on any atom is 0.311 e. The van der Waals surface area contributed by atoms with Crippen LogP contribution in [0.3, 0.4) is 0 Å². The maximum atomic E-state index is 11.8. The molecule has 0 atom stereocenters. The number of hydrogen-bond donors (Lipinski definition) is 2. The topological polar surface area (TPSA) is 75.6 Å². The zero-order chi connectivity index (χ0) is 16.5. The van der Waals surface area contributed by atoms with Gasteiger partial charge in [-0.25, -0.2) is 0 Å². The number of benzene rings is 1. The average molecular weight is 319 g/mol. The largest absolute Gasteiger partial charge is 0.481 e. The van der Waals surface area contributed by atoms with Gasteiger partial charge in [0.1, 0.15) is 6.61 Å². The van der Waals surface area contributed by atoms with Crippen LogP contribution in [0.4, 0.5) is 0 Å². The van der Waals surface area contributed by atoms with Gasteiger partial charge in [0.25, 0.3) is 0 Å². The third-order valence-electron chi connectivity index (χ3n) is 4.50. The van der Waals surface area contributed by atoms with E-state index in [1.807, 2.05) is 30.3 Å². The van der Waals surface area contributed by atoms with Crippen LogP contribution in [0, 0.1) is 5.41 Å². The second-order valence-electron chi connectivity index (χ2n) is 6.21. The molecule has 1 aliphatic rings. The molecule has 1 aliphatic carbocycles. The van der Waals surface area contributed by atoms with Gasteiger partial charge in [-0.1, -0.05) is 49.6 Å². The highest BCUT2D eigenvalue weighted by molar-refractivity contribution is 5.79. The summed E-state index contributed by atoms with van der Waals surface area (Å²) in [5, 5.41) is 12.2. The van der Waals surface area contributed by atoms with Crippen LogP contribution in [0.25, 0.3) is 0 Å². The van der Waals surface area contributed by atoms with Crippen molar-refractivity contribution in [1.82, 2.24) is 5.32 Å². The van der Waals surface area contributed by atoms with E-state index < -0.39 is 11.4 Å². The van der Waals surface area contributed by atoms with Gasteiger partial charge in [0, 0.05) is 6.54 Å². The number of nitrogens with one attached hydrogen (secondary N) is 1. The number of carbonyl (C=O) groups is 2. The van der Waals surface area contributed by atoms with Gasteiger partial charge in [-0.15, -0.1) is 0 Å². The second-order valence-corrected chi connectivity index (χ2v) is 6.21. The van der Waals surface area contributed by atoms with Crippen LogP contribution in [0.15, 0.2) is 30.3 Å². The van der Waals surface area contributed by atoms with Crippen LogP contribution >= 0.6 is 0 Å². The first-order valence-electron chi connectivity index (χ1n) is 8.24. The highest BCUT2D eigenvalue weighted by atomic mass is 16.5. The van der Waals surface area contributed by atoms with E-state index in [0.717, 1.165) is 25.7 Å². The highest BCUT2D eigenvalue weighted by Gasteiger charge is 2.39. The van der Waals surface area contributed by atoms with Crippen molar-refractivity contribution in [2.24, 2.45) is 5.41 Å². The molecule has 126 valence electrons. The van der Waals surface area contributed by atoms with Crippen LogP contribution in [-0.2, 0) is 20.7 Å². The van der Waals surface area contributed by atoms with E-state index in [0.29, 0.717) is 19.4 Å². The molecular weight excluding hydrogens is 294 g/mol. The van der Waals surface area contributed by atoms with Crippen LogP contribution in [0.5, 0.6) is 0 Å². The Morgan fingerprint density at radius 3 is 2.48 bits per heavy atom. The van der Waals surface area contributed by atoms with Crippen LogP contribution < -0.4 is 5.32 Å². The van der Waals surface area contributed by atoms with Gasteiger partial charge >= 0.3 is 5.97 Å². The van der Waals surface area contributed by atoms with Crippen molar-refractivity contribution in [2.75, 3.05) is 19.8 Å². The minimum atomic E-state index is -0.803. The molecular formula is C18H25NO4. The number of carboxylic acids is 1. The molecule has 5 nitrogen and oxygen atoms in total. The Hall–Kier alpha value is -1.88. The molecule has 0 aliphatic heterocycles. The van der Waals surface area contributed by atoms with Gasteiger partial charge in [-0.3, -0.25) is 9.59 Å². The van der Waals surface area contributed by atoms with Gasteiger partial charge in [-0.2, -0.15) is 0 Å². The lowest BCUT2D eigenvalue weighted by atomic mass is 9.74. The number of amides is 1. The average Bonchev–Trinajstić information content (AvgIpc) is 2.58. The molecule has 0 bridgehead atoms. The fourth-order valence-corrected chi connectivity index (χ4v) is 3.01. The van der Waals surface area contributed by atoms with Crippen LogP contribution in [0.2, 0.25) is 0 Å². The molecule has 0 aromatic heterocycles. The molecule has 0 unspecified atom stereocenters. The normalized spacial score (nSPS) is 16.7. The molecule has 0 heterocycles. The summed E-state index contributed by atoms with van der Waals surface area (Å²) in [4.78, 5) is 23.4. The fraction of sp³-hybridized carbons (Fsp3) is 0.556. The minimum Gasteiger partial charge on any atom is -0.481 e. The first kappa shape index (κ1) is 17.5. The molecule has 2 rings (SSSR count). The van der Waals surface area contributed by atoms with Gasteiger partial charge < -0.3 is 15.2 Å². The SMILES string of the molecule is O=C(COCCc1ccccc1)NCC1(C(=O)O)CCCCC1. The summed E-state index contributed by atoms with van der Waals surface area (Å²) in [6, 6.07) is 9.93. The summed E-state index contributed by atoms with van der Waals surface area (Å²) in [5.41, 5.74) is 0.373. The number of carbonyl (C=O) groups excluding carboxylic acids is 1. The summed E-state index contributed by atoms with van der Waals surface area (Å²) in [7, 11) is 0. The van der Waals surface area contributed by atoms with Crippen molar-refractivity contribution in [1.29, 1.82) is 0 Å². The van der Waals surface area contributed by atoms with E-state index >= 15 is 0 Å². The standard InChI is InChI=1S/C18H25NO4/c20-16(13-23-12-9-15-7-3-1-4-8-15)19-14-18(17(21)22)10-5-2-6-11-18/h1,3-4,7-8H,2,5-6,9-14H2,(H,19,20)(H,21,22). The summed E-state index contributed by atoms with van der Waals surface area (Å²) >= 11 is 0. The number of ether oxygens (including phenoxy) is 1. The molecule has 1 aromatic rings. The Morgan fingerprint density at radius 2 is 1.83 bits per heavy atom. The summed E-state index contributed by atoms with van der Waals surface area (Å²) in [6.45, 7) is 0.646. The van der Waals surface area contributed by atoms with Crippen molar-refractivity contribution in [3.8, 4) is 0 Å². The number of hydrogen-bond acceptors (Lipinski definition) is 3. The predicted octanol–water partition coefficient (Wildman–Crippen LogP) is 2.40. The molecule has 23 heavy (non-hydrogen) atoms. The van der Waals surface area contributed by atoms with E-state index in [2.05, 4.69) is 5.32 Å². The predicted molar refractivity (Wildman–Crippen MR) is 87.1 cm³/mol. The van der Waals surface area contributed by atoms with E-state index in [-0.39, 0.29) is 19.1 Å². The molecule has 0 saturated heterocycles. The zero-order valence-electron chi connectivity index (χ0n) is 13.4. The number of rotatable bonds is 8. The third kappa shape index (κ3) is 5.36. The van der Waals surface area contributed by atoms with Gasteiger partial charge in [0.15, 0.2) is 0 Å². The molecule has 0 spiro atoms.